The molecule has 1 aliphatic rings. The van der Waals surface area contributed by atoms with Crippen LogP contribution in [0.2, 0.25) is 0 Å². The van der Waals surface area contributed by atoms with Gasteiger partial charge in [0.25, 0.3) is 0 Å². The largest absolute Gasteiger partial charge is 0.493 e. The standard InChI is InChI=1S/C14H13N3O2/c18-14(16-13-5-7-15-17-13)4-2-10-1-3-12-11(9-10)6-8-19-12/h1-5,7,9H,6,8H2,(H2,15,16,17,18). The molecule has 5 nitrogen and oxygen atoms in total. The van der Waals surface area contributed by atoms with Crippen molar-refractivity contribution in [1.82, 2.24) is 10.2 Å². The molecule has 0 saturated heterocycles. The van der Waals surface area contributed by atoms with Crippen LogP contribution in [0.3, 0.4) is 0 Å². The Kier molecular flexibility index (Phi) is 3.02. The summed E-state index contributed by atoms with van der Waals surface area (Å²) in [6.45, 7) is 0.739. The van der Waals surface area contributed by atoms with Gasteiger partial charge in [-0.25, -0.2) is 0 Å². The number of fused-ring (bicyclic) bond motifs is 1. The van der Waals surface area contributed by atoms with Gasteiger partial charge < -0.3 is 10.1 Å². The highest BCUT2D eigenvalue weighted by atomic mass is 16.5. The van der Waals surface area contributed by atoms with E-state index >= 15 is 0 Å². The number of rotatable bonds is 3. The molecular formula is C14H13N3O2. The minimum Gasteiger partial charge on any atom is -0.493 e. The van der Waals surface area contributed by atoms with E-state index in [1.807, 2.05) is 18.2 Å². The second kappa shape index (κ2) is 4.97. The molecule has 2 heterocycles. The van der Waals surface area contributed by atoms with Crippen molar-refractivity contribution in [3.05, 3.63) is 47.7 Å². The summed E-state index contributed by atoms with van der Waals surface area (Å²) < 4.78 is 5.43. The van der Waals surface area contributed by atoms with Gasteiger partial charge in [-0.15, -0.1) is 0 Å². The van der Waals surface area contributed by atoms with Gasteiger partial charge in [-0.1, -0.05) is 6.07 Å². The summed E-state index contributed by atoms with van der Waals surface area (Å²) in [7, 11) is 0. The third-order valence-corrected chi connectivity index (χ3v) is 2.90. The molecule has 0 aliphatic carbocycles. The molecule has 0 bridgehead atoms. The molecule has 1 aromatic carbocycles. The highest BCUT2D eigenvalue weighted by molar-refractivity contribution is 6.01. The van der Waals surface area contributed by atoms with Gasteiger partial charge in [0.05, 0.1) is 12.8 Å². The van der Waals surface area contributed by atoms with Crippen LogP contribution in [-0.2, 0) is 11.2 Å². The maximum Gasteiger partial charge on any atom is 0.249 e. The summed E-state index contributed by atoms with van der Waals surface area (Å²) in [6, 6.07) is 7.61. The molecule has 0 fully saturated rings. The fourth-order valence-electron chi connectivity index (χ4n) is 1.98. The summed E-state index contributed by atoms with van der Waals surface area (Å²) in [6.07, 6.45) is 5.79. The van der Waals surface area contributed by atoms with Crippen LogP contribution in [0.5, 0.6) is 5.75 Å². The molecule has 5 heteroatoms. The maximum absolute atomic E-state index is 11.6. The van der Waals surface area contributed by atoms with Crippen LogP contribution in [0, 0.1) is 0 Å². The number of amides is 1. The van der Waals surface area contributed by atoms with Crippen LogP contribution >= 0.6 is 0 Å². The van der Waals surface area contributed by atoms with E-state index in [1.165, 1.54) is 11.6 Å². The lowest BCUT2D eigenvalue weighted by molar-refractivity contribution is -0.111. The lowest BCUT2D eigenvalue weighted by atomic mass is 10.1. The van der Waals surface area contributed by atoms with Gasteiger partial charge in [-0.3, -0.25) is 9.89 Å². The number of carbonyl (C=O) groups excluding carboxylic acids is 1. The fraction of sp³-hybridized carbons (Fsp3) is 0.143. The second-order valence-corrected chi connectivity index (χ2v) is 4.26. The molecular weight excluding hydrogens is 242 g/mol. The quantitative estimate of drug-likeness (QED) is 0.824. The first-order chi connectivity index (χ1) is 9.31. The number of hydrogen-bond acceptors (Lipinski definition) is 3. The van der Waals surface area contributed by atoms with Crippen molar-refractivity contribution < 1.29 is 9.53 Å². The highest BCUT2D eigenvalue weighted by Crippen LogP contribution is 2.26. The van der Waals surface area contributed by atoms with Crippen molar-refractivity contribution in [1.29, 1.82) is 0 Å². The minimum atomic E-state index is -0.194. The predicted molar refractivity (Wildman–Crippen MR) is 71.9 cm³/mol. The van der Waals surface area contributed by atoms with Crippen molar-refractivity contribution in [3.8, 4) is 5.75 Å². The van der Waals surface area contributed by atoms with E-state index in [4.69, 9.17) is 4.74 Å². The second-order valence-electron chi connectivity index (χ2n) is 4.26. The first-order valence-corrected chi connectivity index (χ1v) is 6.05. The summed E-state index contributed by atoms with van der Waals surface area (Å²) in [5.74, 6) is 1.33. The van der Waals surface area contributed by atoms with Crippen LogP contribution in [0.15, 0.2) is 36.5 Å². The molecule has 0 atom stereocenters. The molecule has 2 N–H and O–H groups in total. The fourth-order valence-corrected chi connectivity index (χ4v) is 1.98. The third kappa shape index (κ3) is 2.65. The first kappa shape index (κ1) is 11.5. The smallest absolute Gasteiger partial charge is 0.249 e. The molecule has 3 rings (SSSR count). The summed E-state index contributed by atoms with van der Waals surface area (Å²) in [4.78, 5) is 11.6. The average Bonchev–Trinajstić information content (AvgIpc) is 3.06. The molecule has 19 heavy (non-hydrogen) atoms. The van der Waals surface area contributed by atoms with E-state index in [-0.39, 0.29) is 5.91 Å². The van der Waals surface area contributed by atoms with Gasteiger partial charge in [-0.05, 0) is 29.3 Å². The Hall–Kier alpha value is -2.56. The molecule has 96 valence electrons. The monoisotopic (exact) mass is 255 g/mol. The number of H-pyrrole nitrogens is 1. The zero-order valence-electron chi connectivity index (χ0n) is 10.2. The minimum absolute atomic E-state index is 0.194. The van der Waals surface area contributed by atoms with Crippen molar-refractivity contribution in [2.45, 2.75) is 6.42 Å². The van der Waals surface area contributed by atoms with E-state index in [0.717, 1.165) is 24.3 Å². The number of nitrogens with zero attached hydrogens (tertiary/aromatic N) is 1. The Morgan fingerprint density at radius 2 is 2.37 bits per heavy atom. The van der Waals surface area contributed by atoms with Crippen molar-refractivity contribution in [3.63, 3.8) is 0 Å². The number of ether oxygens (including phenoxy) is 1. The summed E-state index contributed by atoms with van der Waals surface area (Å²) in [5.41, 5.74) is 2.18. The Labute approximate surface area is 110 Å². The van der Waals surface area contributed by atoms with Crippen LogP contribution in [0.25, 0.3) is 6.08 Å². The van der Waals surface area contributed by atoms with Gasteiger partial charge in [0.1, 0.15) is 11.6 Å². The predicted octanol–water partition coefficient (Wildman–Crippen LogP) is 2.00. The van der Waals surface area contributed by atoms with Gasteiger partial charge in [0, 0.05) is 18.6 Å². The Morgan fingerprint density at radius 1 is 1.42 bits per heavy atom. The Balaban J connectivity index is 1.67. The SMILES string of the molecule is O=C(C=Cc1ccc2c(c1)CCO2)Nc1ccn[nH]1. The van der Waals surface area contributed by atoms with Gasteiger partial charge in [-0.2, -0.15) is 5.10 Å². The normalized spacial score (nSPS) is 13.3. The number of hydrogen-bond donors (Lipinski definition) is 2. The van der Waals surface area contributed by atoms with Crippen LogP contribution in [-0.4, -0.2) is 22.7 Å². The Bertz CT molecular complexity index is 618. The lowest BCUT2D eigenvalue weighted by Gasteiger charge is -2.00. The van der Waals surface area contributed by atoms with Crippen molar-refractivity contribution >= 4 is 17.8 Å². The molecule has 1 amide bonds. The molecule has 2 aromatic rings. The van der Waals surface area contributed by atoms with Gasteiger partial charge in [0.2, 0.25) is 5.91 Å². The zero-order valence-corrected chi connectivity index (χ0v) is 10.2. The van der Waals surface area contributed by atoms with E-state index < -0.39 is 0 Å². The number of benzene rings is 1. The molecule has 0 unspecified atom stereocenters. The number of anilines is 1. The van der Waals surface area contributed by atoms with Gasteiger partial charge >= 0.3 is 0 Å². The average molecular weight is 255 g/mol. The van der Waals surface area contributed by atoms with Crippen LogP contribution in [0.4, 0.5) is 5.82 Å². The van der Waals surface area contributed by atoms with Crippen molar-refractivity contribution in [2.75, 3.05) is 11.9 Å². The summed E-state index contributed by atoms with van der Waals surface area (Å²) in [5, 5.41) is 9.10. The first-order valence-electron chi connectivity index (χ1n) is 6.05. The van der Waals surface area contributed by atoms with Gasteiger partial charge in [0.15, 0.2) is 0 Å². The number of nitrogens with one attached hydrogen (secondary N) is 2. The third-order valence-electron chi connectivity index (χ3n) is 2.90. The molecule has 0 saturated carbocycles. The number of aromatic nitrogens is 2. The van der Waals surface area contributed by atoms with E-state index in [2.05, 4.69) is 15.5 Å². The van der Waals surface area contributed by atoms with E-state index in [9.17, 15) is 4.79 Å². The van der Waals surface area contributed by atoms with Crippen molar-refractivity contribution in [2.24, 2.45) is 0 Å². The molecule has 0 radical (unpaired) electrons. The maximum atomic E-state index is 11.6. The number of aromatic amines is 1. The molecule has 0 spiro atoms. The molecule has 1 aliphatic heterocycles. The summed E-state index contributed by atoms with van der Waals surface area (Å²) >= 11 is 0. The molecule has 1 aromatic heterocycles. The number of carbonyl (C=O) groups is 1. The highest BCUT2D eigenvalue weighted by Gasteiger charge is 2.11. The van der Waals surface area contributed by atoms with E-state index in [1.54, 1.807) is 18.3 Å². The van der Waals surface area contributed by atoms with Crippen LogP contribution in [0.1, 0.15) is 11.1 Å². The topological polar surface area (TPSA) is 67.0 Å². The van der Waals surface area contributed by atoms with Crippen LogP contribution < -0.4 is 10.1 Å². The zero-order chi connectivity index (χ0) is 13.1. The lowest BCUT2D eigenvalue weighted by Crippen LogP contribution is -2.07. The van der Waals surface area contributed by atoms with E-state index in [0.29, 0.717) is 5.82 Å². The Morgan fingerprint density at radius 3 is 3.21 bits per heavy atom.